The Morgan fingerprint density at radius 2 is 1.90 bits per heavy atom. The number of aromatic nitrogens is 2. The fraction of sp³-hybridized carbons (Fsp3) is 0.500. The Balaban J connectivity index is 1.43. The van der Waals surface area contributed by atoms with E-state index in [1.165, 1.54) is 0 Å². The van der Waals surface area contributed by atoms with E-state index >= 15 is 0 Å². The zero-order valence-electron chi connectivity index (χ0n) is 17.8. The van der Waals surface area contributed by atoms with Crippen LogP contribution >= 0.6 is 0 Å². The number of carbonyl (C=O) groups is 1. The van der Waals surface area contributed by atoms with Crippen molar-refractivity contribution in [1.82, 2.24) is 25.1 Å². The van der Waals surface area contributed by atoms with Crippen molar-refractivity contribution in [3.8, 4) is 0 Å². The number of fused-ring (bicyclic) bond motifs is 3. The van der Waals surface area contributed by atoms with Gasteiger partial charge in [0.25, 0.3) is 5.56 Å². The first-order valence-electron chi connectivity index (χ1n) is 10.4. The molecule has 1 aliphatic heterocycles. The molecule has 8 heteroatoms. The Bertz CT molecular complexity index is 1110. The summed E-state index contributed by atoms with van der Waals surface area (Å²) in [4.78, 5) is 36.7. The number of para-hydroxylation sites is 1. The molecule has 2 aromatic heterocycles. The zero-order valence-corrected chi connectivity index (χ0v) is 17.8. The number of carbonyl (C=O) groups excluding carboxylic acids is 1. The molecule has 3 heterocycles. The summed E-state index contributed by atoms with van der Waals surface area (Å²) in [6.07, 6.45) is 0.962. The summed E-state index contributed by atoms with van der Waals surface area (Å²) in [7, 11) is 0. The number of hydrogen-bond donors (Lipinski definition) is 2. The summed E-state index contributed by atoms with van der Waals surface area (Å²) in [5, 5.41) is 3.87. The molecule has 1 aliphatic rings. The van der Waals surface area contributed by atoms with Crippen LogP contribution in [0, 0.1) is 0 Å². The van der Waals surface area contributed by atoms with Gasteiger partial charge in [0.1, 0.15) is 16.9 Å². The fourth-order valence-corrected chi connectivity index (χ4v) is 3.94. The molecule has 1 fully saturated rings. The lowest BCUT2D eigenvalue weighted by atomic mass is 10.1. The minimum absolute atomic E-state index is 0.0548. The third-order valence-corrected chi connectivity index (χ3v) is 5.22. The maximum atomic E-state index is 12.5. The summed E-state index contributed by atoms with van der Waals surface area (Å²) in [5.41, 5.74) is 1.08. The molecule has 1 saturated heterocycles. The van der Waals surface area contributed by atoms with Gasteiger partial charge in [-0.1, -0.05) is 12.1 Å². The van der Waals surface area contributed by atoms with Crippen LogP contribution in [0.25, 0.3) is 22.1 Å². The van der Waals surface area contributed by atoms with Crippen molar-refractivity contribution in [3.63, 3.8) is 0 Å². The van der Waals surface area contributed by atoms with Crippen molar-refractivity contribution in [2.45, 2.75) is 39.3 Å². The minimum atomic E-state index is -0.249. The first-order valence-corrected chi connectivity index (χ1v) is 10.4. The van der Waals surface area contributed by atoms with E-state index in [2.05, 4.69) is 25.1 Å². The molecule has 0 unspecified atom stereocenters. The van der Waals surface area contributed by atoms with E-state index in [0.29, 0.717) is 30.0 Å². The normalized spacial score (nSPS) is 16.8. The number of furan rings is 1. The van der Waals surface area contributed by atoms with Gasteiger partial charge >= 0.3 is 0 Å². The smallest absolute Gasteiger partial charge is 0.294 e. The standard InChI is InChI=1S/C22H29N5O3/c1-22(2,3)25-18(28)14-27-10-6-9-26(11-12-27)13-17-23-19-15-7-4-5-8-16(15)30-20(19)21(29)24-17/h4-5,7-8H,6,9-14H2,1-3H3,(H,25,28)(H,23,24,29). The first-order chi connectivity index (χ1) is 14.3. The van der Waals surface area contributed by atoms with Crippen molar-refractivity contribution in [1.29, 1.82) is 0 Å². The lowest BCUT2D eigenvalue weighted by Gasteiger charge is -2.25. The van der Waals surface area contributed by atoms with Gasteiger partial charge in [0, 0.05) is 24.0 Å². The van der Waals surface area contributed by atoms with Crippen LogP contribution in [0.3, 0.4) is 0 Å². The quantitative estimate of drug-likeness (QED) is 0.683. The van der Waals surface area contributed by atoms with Gasteiger partial charge in [-0.25, -0.2) is 4.98 Å². The summed E-state index contributed by atoms with van der Waals surface area (Å²) in [6.45, 7) is 10.3. The monoisotopic (exact) mass is 411 g/mol. The molecular formula is C22H29N5O3. The Labute approximate surface area is 175 Å². The van der Waals surface area contributed by atoms with Gasteiger partial charge in [0.05, 0.1) is 13.1 Å². The van der Waals surface area contributed by atoms with Crippen molar-refractivity contribution in [2.24, 2.45) is 0 Å². The zero-order chi connectivity index (χ0) is 21.3. The number of aromatic amines is 1. The van der Waals surface area contributed by atoms with Crippen molar-refractivity contribution >= 4 is 28.0 Å². The number of H-pyrrole nitrogens is 1. The molecular weight excluding hydrogens is 382 g/mol. The van der Waals surface area contributed by atoms with Gasteiger partial charge in [-0.15, -0.1) is 0 Å². The Morgan fingerprint density at radius 3 is 2.70 bits per heavy atom. The van der Waals surface area contributed by atoms with Gasteiger partial charge in [-0.3, -0.25) is 19.4 Å². The molecule has 2 N–H and O–H groups in total. The second-order valence-corrected chi connectivity index (χ2v) is 8.99. The summed E-state index contributed by atoms with van der Waals surface area (Å²) in [6, 6.07) is 7.56. The van der Waals surface area contributed by atoms with Crippen LogP contribution in [0.2, 0.25) is 0 Å². The van der Waals surface area contributed by atoms with Crippen molar-refractivity contribution in [2.75, 3.05) is 32.7 Å². The van der Waals surface area contributed by atoms with E-state index in [0.717, 1.165) is 38.0 Å². The average Bonchev–Trinajstić information content (AvgIpc) is 2.90. The molecule has 160 valence electrons. The third-order valence-electron chi connectivity index (χ3n) is 5.22. The summed E-state index contributed by atoms with van der Waals surface area (Å²) >= 11 is 0. The SMILES string of the molecule is CC(C)(C)NC(=O)CN1CCCN(Cc2nc3c(oc4ccccc43)c(=O)[nH]2)CC1. The molecule has 3 aromatic rings. The van der Waals surface area contributed by atoms with E-state index in [1.54, 1.807) is 0 Å². The van der Waals surface area contributed by atoms with Crippen LogP contribution in [0.4, 0.5) is 0 Å². The predicted molar refractivity (Wildman–Crippen MR) is 116 cm³/mol. The van der Waals surface area contributed by atoms with Crippen molar-refractivity contribution < 1.29 is 9.21 Å². The van der Waals surface area contributed by atoms with Crippen LogP contribution in [0.1, 0.15) is 33.0 Å². The molecule has 0 atom stereocenters. The molecule has 30 heavy (non-hydrogen) atoms. The molecule has 0 spiro atoms. The fourth-order valence-electron chi connectivity index (χ4n) is 3.94. The van der Waals surface area contributed by atoms with Gasteiger partial charge < -0.3 is 14.7 Å². The molecule has 0 saturated carbocycles. The highest BCUT2D eigenvalue weighted by molar-refractivity contribution is 6.01. The van der Waals surface area contributed by atoms with E-state index in [9.17, 15) is 9.59 Å². The van der Waals surface area contributed by atoms with Crippen LogP contribution in [0.5, 0.6) is 0 Å². The lowest BCUT2D eigenvalue weighted by molar-refractivity contribution is -0.123. The van der Waals surface area contributed by atoms with Crippen LogP contribution in [-0.2, 0) is 11.3 Å². The number of rotatable bonds is 4. The Morgan fingerprint density at radius 1 is 1.17 bits per heavy atom. The maximum Gasteiger partial charge on any atom is 0.294 e. The van der Waals surface area contributed by atoms with Gasteiger partial charge in [0.2, 0.25) is 11.5 Å². The van der Waals surface area contributed by atoms with E-state index in [1.807, 2.05) is 45.0 Å². The first kappa shape index (κ1) is 20.6. The van der Waals surface area contributed by atoms with Crippen LogP contribution in [0.15, 0.2) is 33.5 Å². The lowest BCUT2D eigenvalue weighted by Crippen LogP contribution is -2.46. The highest BCUT2D eigenvalue weighted by Gasteiger charge is 2.21. The molecule has 4 rings (SSSR count). The molecule has 1 aromatic carbocycles. The largest absolute Gasteiger partial charge is 0.449 e. The van der Waals surface area contributed by atoms with Crippen LogP contribution in [-0.4, -0.2) is 63.9 Å². The average molecular weight is 412 g/mol. The number of benzene rings is 1. The highest BCUT2D eigenvalue weighted by Crippen LogP contribution is 2.24. The van der Waals surface area contributed by atoms with Gasteiger partial charge in [-0.2, -0.15) is 0 Å². The van der Waals surface area contributed by atoms with Crippen LogP contribution < -0.4 is 10.9 Å². The van der Waals surface area contributed by atoms with Gasteiger partial charge in [0.15, 0.2) is 0 Å². The van der Waals surface area contributed by atoms with E-state index < -0.39 is 0 Å². The molecule has 0 bridgehead atoms. The molecule has 0 aliphatic carbocycles. The van der Waals surface area contributed by atoms with E-state index in [4.69, 9.17) is 4.42 Å². The maximum absolute atomic E-state index is 12.5. The minimum Gasteiger partial charge on any atom is -0.449 e. The highest BCUT2D eigenvalue weighted by atomic mass is 16.3. The topological polar surface area (TPSA) is 94.5 Å². The summed E-state index contributed by atoms with van der Waals surface area (Å²) in [5.74, 6) is 0.692. The number of hydrogen-bond acceptors (Lipinski definition) is 6. The van der Waals surface area contributed by atoms with Gasteiger partial charge in [-0.05, 0) is 52.4 Å². The van der Waals surface area contributed by atoms with Crippen molar-refractivity contribution in [3.05, 3.63) is 40.4 Å². The molecule has 1 amide bonds. The second-order valence-electron chi connectivity index (χ2n) is 8.99. The molecule has 8 nitrogen and oxygen atoms in total. The number of amides is 1. The molecule has 0 radical (unpaired) electrons. The van der Waals surface area contributed by atoms with E-state index in [-0.39, 0.29) is 22.6 Å². The Kier molecular flexibility index (Phi) is 5.62. The number of nitrogens with one attached hydrogen (secondary N) is 2. The third kappa shape index (κ3) is 4.71. The summed E-state index contributed by atoms with van der Waals surface area (Å²) < 4.78 is 5.67. The Hall–Kier alpha value is -2.71. The predicted octanol–water partition coefficient (Wildman–Crippen LogP) is 2.09. The second kappa shape index (κ2) is 8.20. The number of nitrogens with zero attached hydrogens (tertiary/aromatic N) is 3.